The lowest BCUT2D eigenvalue weighted by Gasteiger charge is -2.37. The van der Waals surface area contributed by atoms with Crippen molar-refractivity contribution in [1.82, 2.24) is 9.80 Å². The number of nitrogens with zero attached hydrogens (tertiary/aromatic N) is 2. The molecule has 1 aliphatic heterocycles. The van der Waals surface area contributed by atoms with Crippen LogP contribution in [0.25, 0.3) is 0 Å². The van der Waals surface area contributed by atoms with Gasteiger partial charge in [-0.1, -0.05) is 32.9 Å². The molecule has 1 heterocycles. The van der Waals surface area contributed by atoms with Crippen molar-refractivity contribution in [2.24, 2.45) is 5.41 Å². The highest BCUT2D eigenvalue weighted by molar-refractivity contribution is 5.94. The normalized spacial score (nSPS) is 17.1. The van der Waals surface area contributed by atoms with Crippen LogP contribution in [0.3, 0.4) is 0 Å². The zero-order chi connectivity index (χ0) is 16.3. The molecule has 0 N–H and O–H groups in total. The van der Waals surface area contributed by atoms with E-state index in [1.807, 2.05) is 17.0 Å². The van der Waals surface area contributed by atoms with Gasteiger partial charge in [-0.15, -0.1) is 0 Å². The van der Waals surface area contributed by atoms with Crippen molar-refractivity contribution in [1.29, 1.82) is 0 Å². The van der Waals surface area contributed by atoms with Crippen molar-refractivity contribution in [2.75, 3.05) is 26.2 Å². The molecule has 1 fully saturated rings. The number of piperazine rings is 1. The summed E-state index contributed by atoms with van der Waals surface area (Å²) in [4.78, 5) is 17.1. The van der Waals surface area contributed by atoms with Gasteiger partial charge < -0.3 is 4.90 Å². The quantitative estimate of drug-likeness (QED) is 0.854. The van der Waals surface area contributed by atoms with Gasteiger partial charge >= 0.3 is 0 Å². The molecular weight excluding hydrogens is 272 g/mol. The summed E-state index contributed by atoms with van der Waals surface area (Å²) in [5, 5.41) is 0. The van der Waals surface area contributed by atoms with E-state index in [1.165, 1.54) is 5.56 Å². The van der Waals surface area contributed by atoms with E-state index in [2.05, 4.69) is 51.7 Å². The van der Waals surface area contributed by atoms with Crippen LogP contribution in [0.1, 0.15) is 50.5 Å². The van der Waals surface area contributed by atoms with Crippen molar-refractivity contribution < 1.29 is 4.79 Å². The number of carbonyl (C=O) groups is 1. The van der Waals surface area contributed by atoms with E-state index in [0.29, 0.717) is 6.04 Å². The van der Waals surface area contributed by atoms with Gasteiger partial charge in [-0.2, -0.15) is 0 Å². The third-order valence-corrected chi connectivity index (χ3v) is 4.24. The minimum Gasteiger partial charge on any atom is -0.336 e. The summed E-state index contributed by atoms with van der Waals surface area (Å²) in [5.41, 5.74) is 2.32. The minimum atomic E-state index is 0.180. The Hall–Kier alpha value is -1.35. The molecule has 0 aromatic heterocycles. The van der Waals surface area contributed by atoms with Gasteiger partial charge in [-0.25, -0.2) is 0 Å². The van der Waals surface area contributed by atoms with Crippen molar-refractivity contribution in [3.05, 3.63) is 35.4 Å². The molecule has 0 saturated carbocycles. The van der Waals surface area contributed by atoms with Crippen LogP contribution in [0.4, 0.5) is 0 Å². The van der Waals surface area contributed by atoms with E-state index in [1.54, 1.807) is 0 Å². The maximum Gasteiger partial charge on any atom is 0.253 e. The Morgan fingerprint density at radius 2 is 1.77 bits per heavy atom. The van der Waals surface area contributed by atoms with Crippen LogP contribution >= 0.6 is 0 Å². The van der Waals surface area contributed by atoms with E-state index >= 15 is 0 Å². The standard InChI is InChI=1S/C19H30N2O/c1-15(2)20-9-11-21(12-10-20)18(22)17-8-6-7-16(13-17)14-19(3,4)5/h6-8,13,15H,9-12,14H2,1-5H3. The van der Waals surface area contributed by atoms with Gasteiger partial charge in [0.05, 0.1) is 0 Å². The summed E-state index contributed by atoms with van der Waals surface area (Å²) in [6, 6.07) is 8.72. The van der Waals surface area contributed by atoms with Gasteiger partial charge in [0.15, 0.2) is 0 Å². The first-order chi connectivity index (χ1) is 10.3. The Morgan fingerprint density at radius 1 is 1.14 bits per heavy atom. The summed E-state index contributed by atoms with van der Waals surface area (Å²) < 4.78 is 0. The Bertz CT molecular complexity index is 508. The summed E-state index contributed by atoms with van der Waals surface area (Å²) >= 11 is 0. The predicted molar refractivity (Wildman–Crippen MR) is 92.2 cm³/mol. The zero-order valence-corrected chi connectivity index (χ0v) is 14.7. The minimum absolute atomic E-state index is 0.180. The van der Waals surface area contributed by atoms with Gasteiger partial charge in [0, 0.05) is 37.8 Å². The largest absolute Gasteiger partial charge is 0.336 e. The molecule has 1 aromatic rings. The van der Waals surface area contributed by atoms with Crippen molar-refractivity contribution in [3.63, 3.8) is 0 Å². The van der Waals surface area contributed by atoms with Crippen LogP contribution < -0.4 is 0 Å². The molecule has 3 nitrogen and oxygen atoms in total. The zero-order valence-electron chi connectivity index (χ0n) is 14.7. The second-order valence-electron chi connectivity index (χ2n) is 7.86. The van der Waals surface area contributed by atoms with Gasteiger partial charge in [0.25, 0.3) is 5.91 Å². The second-order valence-corrected chi connectivity index (χ2v) is 7.86. The highest BCUT2D eigenvalue weighted by atomic mass is 16.2. The first-order valence-electron chi connectivity index (χ1n) is 8.38. The van der Waals surface area contributed by atoms with E-state index < -0.39 is 0 Å². The Kier molecular flexibility index (Phi) is 5.28. The molecule has 0 atom stereocenters. The van der Waals surface area contributed by atoms with E-state index in [0.717, 1.165) is 38.2 Å². The number of benzene rings is 1. The Labute approximate surface area is 135 Å². The highest BCUT2D eigenvalue weighted by Gasteiger charge is 2.23. The maximum atomic E-state index is 12.7. The first kappa shape index (κ1) is 17.0. The predicted octanol–water partition coefficient (Wildman–Crippen LogP) is 3.44. The van der Waals surface area contributed by atoms with Crippen molar-refractivity contribution in [3.8, 4) is 0 Å². The number of amides is 1. The lowest BCUT2D eigenvalue weighted by molar-refractivity contribution is 0.0595. The fourth-order valence-corrected chi connectivity index (χ4v) is 3.05. The fraction of sp³-hybridized carbons (Fsp3) is 0.632. The van der Waals surface area contributed by atoms with Crippen molar-refractivity contribution in [2.45, 2.75) is 47.1 Å². The van der Waals surface area contributed by atoms with Gasteiger partial charge in [0.2, 0.25) is 0 Å². The summed E-state index contributed by atoms with van der Waals surface area (Å²) in [6.07, 6.45) is 0.995. The summed E-state index contributed by atoms with van der Waals surface area (Å²) in [5.74, 6) is 0.180. The van der Waals surface area contributed by atoms with Crippen LogP contribution in [0, 0.1) is 5.41 Å². The van der Waals surface area contributed by atoms with E-state index in [-0.39, 0.29) is 11.3 Å². The molecule has 0 spiro atoms. The molecule has 0 radical (unpaired) electrons. The number of rotatable bonds is 3. The van der Waals surface area contributed by atoms with Crippen LogP contribution in [-0.2, 0) is 6.42 Å². The third-order valence-electron chi connectivity index (χ3n) is 4.24. The average Bonchev–Trinajstić information content (AvgIpc) is 2.45. The van der Waals surface area contributed by atoms with Crippen LogP contribution in [0.15, 0.2) is 24.3 Å². The average molecular weight is 302 g/mol. The lowest BCUT2D eigenvalue weighted by atomic mass is 9.87. The van der Waals surface area contributed by atoms with Crippen LogP contribution in [0.5, 0.6) is 0 Å². The number of hydrogen-bond acceptors (Lipinski definition) is 2. The monoisotopic (exact) mass is 302 g/mol. The molecule has 1 amide bonds. The SMILES string of the molecule is CC(C)N1CCN(C(=O)c2cccc(CC(C)(C)C)c2)CC1. The molecule has 1 saturated heterocycles. The number of carbonyl (C=O) groups excluding carboxylic acids is 1. The van der Waals surface area contributed by atoms with Crippen LogP contribution in [-0.4, -0.2) is 47.9 Å². The Morgan fingerprint density at radius 3 is 2.32 bits per heavy atom. The van der Waals surface area contributed by atoms with Crippen molar-refractivity contribution >= 4 is 5.91 Å². The number of hydrogen-bond donors (Lipinski definition) is 0. The topological polar surface area (TPSA) is 23.6 Å². The summed E-state index contributed by atoms with van der Waals surface area (Å²) in [6.45, 7) is 14.7. The molecule has 22 heavy (non-hydrogen) atoms. The molecule has 2 rings (SSSR count). The molecule has 1 aromatic carbocycles. The van der Waals surface area contributed by atoms with Crippen LogP contribution in [0.2, 0.25) is 0 Å². The van der Waals surface area contributed by atoms with Gasteiger partial charge in [0.1, 0.15) is 0 Å². The van der Waals surface area contributed by atoms with Gasteiger partial charge in [-0.3, -0.25) is 9.69 Å². The maximum absolute atomic E-state index is 12.7. The fourth-order valence-electron chi connectivity index (χ4n) is 3.05. The molecule has 1 aliphatic rings. The third kappa shape index (κ3) is 4.57. The first-order valence-corrected chi connectivity index (χ1v) is 8.38. The molecule has 0 unspecified atom stereocenters. The Balaban J connectivity index is 2.03. The molecule has 3 heteroatoms. The summed E-state index contributed by atoms with van der Waals surface area (Å²) in [7, 11) is 0. The molecular formula is C19H30N2O. The smallest absolute Gasteiger partial charge is 0.253 e. The highest BCUT2D eigenvalue weighted by Crippen LogP contribution is 2.21. The van der Waals surface area contributed by atoms with Gasteiger partial charge in [-0.05, 0) is 43.4 Å². The molecule has 122 valence electrons. The van der Waals surface area contributed by atoms with E-state index in [4.69, 9.17) is 0 Å². The second kappa shape index (κ2) is 6.82. The molecule has 0 aliphatic carbocycles. The lowest BCUT2D eigenvalue weighted by Crippen LogP contribution is -2.50. The van der Waals surface area contributed by atoms with E-state index in [9.17, 15) is 4.79 Å². The molecule has 0 bridgehead atoms.